The van der Waals surface area contributed by atoms with Crippen LogP contribution in [0.2, 0.25) is 0 Å². The number of epoxide rings is 2. The maximum atomic E-state index is 12.9. The Kier molecular flexibility index (Phi) is 7.24. The fraction of sp³-hybridized carbons (Fsp3) is 0.850. The molecular weight excluding hydrogens is 352 g/mol. The molecule has 2 heterocycles. The summed E-state index contributed by atoms with van der Waals surface area (Å²) < 4.78 is 20.5. The summed E-state index contributed by atoms with van der Waals surface area (Å²) >= 11 is 0. The summed E-state index contributed by atoms with van der Waals surface area (Å²) in [6.07, 6.45) is 6.58. The Labute approximate surface area is 160 Å². The zero-order valence-corrected chi connectivity index (χ0v) is 15.9. The van der Waals surface area contributed by atoms with Crippen molar-refractivity contribution in [1.29, 1.82) is 0 Å². The number of Topliss-reactive ketones (excluding diaryl/α,β-unsaturated/α-hetero) is 1. The monoisotopic (exact) mass is 382 g/mol. The van der Waals surface area contributed by atoms with Gasteiger partial charge in [0, 0.05) is 24.7 Å². The van der Waals surface area contributed by atoms with Gasteiger partial charge in [-0.3, -0.25) is 14.4 Å². The molecule has 3 aliphatic rings. The smallest absolute Gasteiger partial charge is 0.305 e. The van der Waals surface area contributed by atoms with Crippen molar-refractivity contribution >= 4 is 17.7 Å². The molecule has 0 bridgehead atoms. The highest BCUT2D eigenvalue weighted by Gasteiger charge is 2.39. The van der Waals surface area contributed by atoms with E-state index in [-0.39, 0.29) is 56.0 Å². The van der Waals surface area contributed by atoms with Crippen molar-refractivity contribution < 1.29 is 33.3 Å². The van der Waals surface area contributed by atoms with Gasteiger partial charge in [0.1, 0.15) is 31.2 Å². The third-order valence-electron chi connectivity index (χ3n) is 5.68. The number of ketones is 1. The number of carbonyl (C=O) groups is 3. The minimum absolute atomic E-state index is 0.0381. The Morgan fingerprint density at radius 1 is 0.889 bits per heavy atom. The molecule has 2 aliphatic heterocycles. The van der Waals surface area contributed by atoms with Gasteiger partial charge in [0.2, 0.25) is 0 Å². The minimum Gasteiger partial charge on any atom is -0.463 e. The van der Waals surface area contributed by atoms with Crippen LogP contribution in [0, 0.1) is 5.41 Å². The first-order valence-electron chi connectivity index (χ1n) is 10.2. The zero-order chi connectivity index (χ0) is 19.1. The lowest BCUT2D eigenvalue weighted by Gasteiger charge is -2.34. The molecule has 1 saturated carbocycles. The molecule has 27 heavy (non-hydrogen) atoms. The number of hydrogen-bond acceptors (Lipinski definition) is 7. The van der Waals surface area contributed by atoms with Crippen molar-refractivity contribution in [3.8, 4) is 0 Å². The van der Waals surface area contributed by atoms with E-state index in [9.17, 15) is 14.4 Å². The average molecular weight is 382 g/mol. The third kappa shape index (κ3) is 6.88. The molecule has 7 heteroatoms. The highest BCUT2D eigenvalue weighted by Crippen LogP contribution is 2.40. The van der Waals surface area contributed by atoms with Crippen molar-refractivity contribution in [2.75, 3.05) is 26.4 Å². The van der Waals surface area contributed by atoms with Gasteiger partial charge in [-0.1, -0.05) is 19.3 Å². The molecule has 0 N–H and O–H groups in total. The summed E-state index contributed by atoms with van der Waals surface area (Å²) in [6.45, 7) is 1.86. The Hall–Kier alpha value is -1.47. The summed E-state index contributed by atoms with van der Waals surface area (Å²) in [5.41, 5.74) is -0.620. The average Bonchev–Trinajstić information content (AvgIpc) is 3.55. The summed E-state index contributed by atoms with van der Waals surface area (Å²) in [6, 6.07) is 0. The second-order valence-corrected chi connectivity index (χ2v) is 7.89. The van der Waals surface area contributed by atoms with Gasteiger partial charge in [-0.05, 0) is 25.7 Å². The highest BCUT2D eigenvalue weighted by atomic mass is 16.6. The Bertz CT molecular complexity index is 504. The number of esters is 2. The molecule has 2 unspecified atom stereocenters. The number of hydrogen-bond donors (Lipinski definition) is 0. The van der Waals surface area contributed by atoms with Gasteiger partial charge >= 0.3 is 11.9 Å². The van der Waals surface area contributed by atoms with Crippen LogP contribution in [-0.2, 0) is 33.3 Å². The molecule has 7 nitrogen and oxygen atoms in total. The first-order chi connectivity index (χ1) is 13.1. The van der Waals surface area contributed by atoms with Gasteiger partial charge in [-0.25, -0.2) is 0 Å². The molecule has 0 amide bonds. The van der Waals surface area contributed by atoms with Crippen molar-refractivity contribution in [2.45, 2.75) is 76.4 Å². The van der Waals surface area contributed by atoms with Gasteiger partial charge in [-0.2, -0.15) is 0 Å². The SMILES string of the molecule is O=C(CCC1(CCC(=O)OCC2CO2)CCCCCCC1=O)OCC1CO1. The molecule has 1 aliphatic carbocycles. The van der Waals surface area contributed by atoms with Crippen LogP contribution in [0.15, 0.2) is 0 Å². The standard InChI is InChI=1S/C20H30O7/c21-17-5-3-1-2-4-8-20(17,9-6-18(22)26-13-15-11-24-15)10-7-19(23)27-14-16-12-25-16/h15-16H,1-14H2. The number of carbonyl (C=O) groups excluding carboxylic acids is 3. The third-order valence-corrected chi connectivity index (χ3v) is 5.68. The molecule has 152 valence electrons. The van der Waals surface area contributed by atoms with E-state index in [0.717, 1.165) is 32.1 Å². The molecule has 2 saturated heterocycles. The molecule has 0 aromatic heterocycles. The van der Waals surface area contributed by atoms with Crippen LogP contribution in [0.5, 0.6) is 0 Å². The van der Waals surface area contributed by atoms with E-state index in [1.807, 2.05) is 0 Å². The van der Waals surface area contributed by atoms with Gasteiger partial charge < -0.3 is 18.9 Å². The van der Waals surface area contributed by atoms with E-state index in [4.69, 9.17) is 18.9 Å². The molecule has 3 fully saturated rings. The second kappa shape index (κ2) is 9.64. The molecule has 0 radical (unpaired) electrons. The van der Waals surface area contributed by atoms with Crippen molar-refractivity contribution in [3.63, 3.8) is 0 Å². The Morgan fingerprint density at radius 2 is 1.41 bits per heavy atom. The fourth-order valence-electron chi connectivity index (χ4n) is 3.69. The predicted molar refractivity (Wildman–Crippen MR) is 95.0 cm³/mol. The van der Waals surface area contributed by atoms with E-state index in [0.29, 0.717) is 32.5 Å². The second-order valence-electron chi connectivity index (χ2n) is 7.89. The fourth-order valence-corrected chi connectivity index (χ4v) is 3.69. The maximum absolute atomic E-state index is 12.9. The Morgan fingerprint density at radius 3 is 1.93 bits per heavy atom. The molecule has 3 rings (SSSR count). The summed E-state index contributed by atoms with van der Waals surface area (Å²) in [5, 5.41) is 0. The lowest BCUT2D eigenvalue weighted by Crippen LogP contribution is -2.34. The largest absolute Gasteiger partial charge is 0.463 e. The van der Waals surface area contributed by atoms with E-state index < -0.39 is 5.41 Å². The van der Waals surface area contributed by atoms with Crippen LogP contribution in [-0.4, -0.2) is 56.4 Å². The van der Waals surface area contributed by atoms with Crippen molar-refractivity contribution in [3.05, 3.63) is 0 Å². The zero-order valence-electron chi connectivity index (χ0n) is 15.9. The molecule has 0 aromatic rings. The molecule has 0 aromatic carbocycles. The van der Waals surface area contributed by atoms with E-state index in [1.165, 1.54) is 0 Å². The predicted octanol–water partition coefficient (Wildman–Crippen LogP) is 2.34. The van der Waals surface area contributed by atoms with E-state index in [2.05, 4.69) is 0 Å². The van der Waals surface area contributed by atoms with Crippen LogP contribution in [0.25, 0.3) is 0 Å². The lowest BCUT2D eigenvalue weighted by molar-refractivity contribution is -0.146. The summed E-state index contributed by atoms with van der Waals surface area (Å²) in [5.74, 6) is -0.416. The van der Waals surface area contributed by atoms with E-state index >= 15 is 0 Å². The number of ether oxygens (including phenoxy) is 4. The number of rotatable bonds is 10. The first-order valence-corrected chi connectivity index (χ1v) is 10.2. The van der Waals surface area contributed by atoms with Gasteiger partial charge in [0.15, 0.2) is 0 Å². The maximum Gasteiger partial charge on any atom is 0.305 e. The van der Waals surface area contributed by atoms with Gasteiger partial charge in [0.25, 0.3) is 0 Å². The summed E-state index contributed by atoms with van der Waals surface area (Å²) in [4.78, 5) is 37.0. The quantitative estimate of drug-likeness (QED) is 0.423. The van der Waals surface area contributed by atoms with Gasteiger partial charge in [0.05, 0.1) is 13.2 Å². The van der Waals surface area contributed by atoms with Crippen molar-refractivity contribution in [1.82, 2.24) is 0 Å². The Balaban J connectivity index is 1.53. The topological polar surface area (TPSA) is 94.7 Å². The summed E-state index contributed by atoms with van der Waals surface area (Å²) in [7, 11) is 0. The van der Waals surface area contributed by atoms with Gasteiger partial charge in [-0.15, -0.1) is 0 Å². The minimum atomic E-state index is -0.620. The lowest BCUT2D eigenvalue weighted by atomic mass is 9.69. The molecule has 0 spiro atoms. The first kappa shape index (κ1) is 20.3. The normalized spacial score (nSPS) is 30.1. The van der Waals surface area contributed by atoms with Crippen LogP contribution in [0.1, 0.15) is 64.2 Å². The van der Waals surface area contributed by atoms with Crippen molar-refractivity contribution in [2.24, 2.45) is 5.41 Å². The van der Waals surface area contributed by atoms with Crippen LogP contribution in [0.3, 0.4) is 0 Å². The van der Waals surface area contributed by atoms with Crippen LogP contribution >= 0.6 is 0 Å². The highest BCUT2D eigenvalue weighted by molar-refractivity contribution is 5.86. The molecular formula is C20H30O7. The van der Waals surface area contributed by atoms with Crippen LogP contribution in [0.4, 0.5) is 0 Å². The van der Waals surface area contributed by atoms with E-state index in [1.54, 1.807) is 0 Å². The molecule has 2 atom stereocenters. The van der Waals surface area contributed by atoms with Crippen LogP contribution < -0.4 is 0 Å².